The van der Waals surface area contributed by atoms with Crippen LogP contribution in [0.5, 0.6) is 11.6 Å². The first kappa shape index (κ1) is 9.73. The van der Waals surface area contributed by atoms with E-state index >= 15 is 0 Å². The van der Waals surface area contributed by atoms with E-state index in [1.165, 1.54) is 0 Å². The number of hydrogen-bond donors (Lipinski definition) is 1. The van der Waals surface area contributed by atoms with Gasteiger partial charge in [0.1, 0.15) is 0 Å². The van der Waals surface area contributed by atoms with Gasteiger partial charge in [0, 0.05) is 12.3 Å². The van der Waals surface area contributed by atoms with Gasteiger partial charge in [0.25, 0.3) is 0 Å². The Morgan fingerprint density at radius 1 is 1.20 bits per heavy atom. The van der Waals surface area contributed by atoms with E-state index in [9.17, 15) is 0 Å². The average Bonchev–Trinajstić information content (AvgIpc) is 2.25. The largest absolute Gasteiger partial charge is 0.434 e. The summed E-state index contributed by atoms with van der Waals surface area (Å²) in [7, 11) is 0. The first-order chi connectivity index (χ1) is 7.27. The summed E-state index contributed by atoms with van der Waals surface area (Å²) in [6.45, 7) is 0. The number of nitrogens with zero attached hydrogens (tertiary/aromatic N) is 2. The molecule has 15 heavy (non-hydrogen) atoms. The molecular weight excluding hydrogens is 214 g/mol. The van der Waals surface area contributed by atoms with E-state index in [-0.39, 0.29) is 0 Å². The fraction of sp³-hybridized carbons (Fsp3) is 0. The summed E-state index contributed by atoms with van der Waals surface area (Å²) in [5.41, 5.74) is 6.18. The summed E-state index contributed by atoms with van der Waals surface area (Å²) in [5, 5.41) is 7.90. The summed E-state index contributed by atoms with van der Waals surface area (Å²) < 4.78 is 5.41. The Bertz CT molecular complexity index is 441. The number of halogens is 1. The van der Waals surface area contributed by atoms with Crippen LogP contribution in [0.25, 0.3) is 0 Å². The van der Waals surface area contributed by atoms with Crippen molar-refractivity contribution in [2.24, 2.45) is 0 Å². The number of hydrogen-bond acceptors (Lipinski definition) is 4. The standard InChI is InChI=1S/C10H8ClN3O/c11-7-3-1-4-8(12)10(7)15-9-5-2-6-13-14-9/h1-6H,12H2. The molecule has 1 aromatic carbocycles. The lowest BCUT2D eigenvalue weighted by Crippen LogP contribution is -1.94. The van der Waals surface area contributed by atoms with Crippen LogP contribution >= 0.6 is 11.6 Å². The molecular formula is C10H8ClN3O. The lowest BCUT2D eigenvalue weighted by Gasteiger charge is -2.07. The molecule has 2 rings (SSSR count). The van der Waals surface area contributed by atoms with Crippen LogP contribution in [-0.2, 0) is 0 Å². The van der Waals surface area contributed by atoms with E-state index in [2.05, 4.69) is 10.2 Å². The first-order valence-corrected chi connectivity index (χ1v) is 4.65. The molecule has 0 fully saturated rings. The highest BCUT2D eigenvalue weighted by Gasteiger charge is 2.07. The monoisotopic (exact) mass is 221 g/mol. The third kappa shape index (κ3) is 2.16. The maximum absolute atomic E-state index is 5.93. The zero-order valence-electron chi connectivity index (χ0n) is 7.72. The van der Waals surface area contributed by atoms with E-state index < -0.39 is 0 Å². The lowest BCUT2D eigenvalue weighted by molar-refractivity contribution is 0.457. The summed E-state index contributed by atoms with van der Waals surface area (Å²) in [4.78, 5) is 0. The predicted octanol–water partition coefficient (Wildman–Crippen LogP) is 2.50. The molecule has 1 aromatic heterocycles. The van der Waals surface area contributed by atoms with Gasteiger partial charge in [-0.05, 0) is 18.2 Å². The molecule has 4 nitrogen and oxygen atoms in total. The topological polar surface area (TPSA) is 61.0 Å². The van der Waals surface area contributed by atoms with Gasteiger partial charge >= 0.3 is 0 Å². The van der Waals surface area contributed by atoms with Gasteiger partial charge in [0.15, 0.2) is 5.75 Å². The van der Waals surface area contributed by atoms with Crippen LogP contribution in [0.2, 0.25) is 5.02 Å². The fourth-order valence-electron chi connectivity index (χ4n) is 1.08. The fourth-order valence-corrected chi connectivity index (χ4v) is 1.30. The molecule has 0 radical (unpaired) electrons. The number of anilines is 1. The molecule has 1 heterocycles. The van der Waals surface area contributed by atoms with Crippen molar-refractivity contribution in [2.75, 3.05) is 5.73 Å². The van der Waals surface area contributed by atoms with Crippen molar-refractivity contribution in [1.82, 2.24) is 10.2 Å². The number of benzene rings is 1. The number of ether oxygens (including phenoxy) is 1. The van der Waals surface area contributed by atoms with Crippen LogP contribution in [0.15, 0.2) is 36.5 Å². The Morgan fingerprint density at radius 2 is 2.07 bits per heavy atom. The van der Waals surface area contributed by atoms with Crippen LogP contribution in [0, 0.1) is 0 Å². The summed E-state index contributed by atoms with van der Waals surface area (Å²) in [5.74, 6) is 0.761. The molecule has 0 aliphatic heterocycles. The van der Waals surface area contributed by atoms with Gasteiger partial charge in [0.2, 0.25) is 5.88 Å². The highest BCUT2D eigenvalue weighted by Crippen LogP contribution is 2.33. The second-order valence-corrected chi connectivity index (χ2v) is 3.23. The van der Waals surface area contributed by atoms with Crippen LogP contribution in [-0.4, -0.2) is 10.2 Å². The third-order valence-electron chi connectivity index (χ3n) is 1.75. The van der Waals surface area contributed by atoms with Gasteiger partial charge in [-0.3, -0.25) is 0 Å². The van der Waals surface area contributed by atoms with Crippen molar-refractivity contribution in [1.29, 1.82) is 0 Å². The lowest BCUT2D eigenvalue weighted by atomic mass is 10.3. The summed E-state index contributed by atoms with van der Waals surface area (Å²) >= 11 is 5.93. The smallest absolute Gasteiger partial charge is 0.239 e. The molecule has 0 atom stereocenters. The van der Waals surface area contributed by atoms with E-state index in [0.717, 1.165) is 0 Å². The van der Waals surface area contributed by atoms with Crippen molar-refractivity contribution in [3.63, 3.8) is 0 Å². The molecule has 0 unspecified atom stereocenters. The van der Waals surface area contributed by atoms with Crippen LogP contribution in [0.4, 0.5) is 5.69 Å². The Morgan fingerprint density at radius 3 is 2.73 bits per heavy atom. The van der Waals surface area contributed by atoms with E-state index in [0.29, 0.717) is 22.3 Å². The van der Waals surface area contributed by atoms with Crippen molar-refractivity contribution in [2.45, 2.75) is 0 Å². The summed E-state index contributed by atoms with van der Waals surface area (Å²) in [6.07, 6.45) is 1.56. The van der Waals surface area contributed by atoms with Crippen LogP contribution in [0.1, 0.15) is 0 Å². The predicted molar refractivity (Wildman–Crippen MR) is 58.0 cm³/mol. The van der Waals surface area contributed by atoms with Gasteiger partial charge in [-0.15, -0.1) is 5.10 Å². The van der Waals surface area contributed by atoms with Gasteiger partial charge in [0.05, 0.1) is 10.7 Å². The molecule has 2 N–H and O–H groups in total. The van der Waals surface area contributed by atoms with E-state index in [1.807, 2.05) is 0 Å². The van der Waals surface area contributed by atoms with Crippen LogP contribution in [0.3, 0.4) is 0 Å². The average molecular weight is 222 g/mol. The number of nitrogens with two attached hydrogens (primary N) is 1. The second-order valence-electron chi connectivity index (χ2n) is 2.82. The van der Waals surface area contributed by atoms with Crippen molar-refractivity contribution in [3.8, 4) is 11.6 Å². The Balaban J connectivity index is 2.32. The minimum absolute atomic E-state index is 0.359. The maximum Gasteiger partial charge on any atom is 0.239 e. The Labute approximate surface area is 91.7 Å². The quantitative estimate of drug-likeness (QED) is 0.792. The highest BCUT2D eigenvalue weighted by molar-refractivity contribution is 6.32. The number of rotatable bonds is 2. The Hall–Kier alpha value is -1.81. The minimum Gasteiger partial charge on any atom is -0.434 e. The highest BCUT2D eigenvalue weighted by atomic mass is 35.5. The number of para-hydroxylation sites is 1. The molecule has 76 valence electrons. The van der Waals surface area contributed by atoms with Gasteiger partial charge in [-0.25, -0.2) is 0 Å². The Kier molecular flexibility index (Phi) is 2.69. The molecule has 0 saturated carbocycles. The molecule has 0 bridgehead atoms. The second kappa shape index (κ2) is 4.14. The third-order valence-corrected chi connectivity index (χ3v) is 2.05. The first-order valence-electron chi connectivity index (χ1n) is 4.27. The van der Waals surface area contributed by atoms with E-state index in [4.69, 9.17) is 22.1 Å². The molecule has 0 aliphatic carbocycles. The zero-order valence-corrected chi connectivity index (χ0v) is 8.48. The van der Waals surface area contributed by atoms with Gasteiger partial charge < -0.3 is 10.5 Å². The van der Waals surface area contributed by atoms with Crippen molar-refractivity contribution >= 4 is 17.3 Å². The molecule has 0 spiro atoms. The number of aromatic nitrogens is 2. The van der Waals surface area contributed by atoms with E-state index in [1.54, 1.807) is 36.5 Å². The molecule has 0 aliphatic rings. The van der Waals surface area contributed by atoms with Crippen molar-refractivity contribution < 1.29 is 4.74 Å². The van der Waals surface area contributed by atoms with Crippen molar-refractivity contribution in [3.05, 3.63) is 41.6 Å². The molecule has 2 aromatic rings. The normalized spacial score (nSPS) is 9.93. The van der Waals surface area contributed by atoms with Gasteiger partial charge in [-0.2, -0.15) is 5.10 Å². The number of nitrogen functional groups attached to an aromatic ring is 1. The molecule has 5 heteroatoms. The molecule has 0 amide bonds. The minimum atomic E-state index is 0.359. The summed E-state index contributed by atoms with van der Waals surface area (Å²) in [6, 6.07) is 8.55. The van der Waals surface area contributed by atoms with Gasteiger partial charge in [-0.1, -0.05) is 17.7 Å². The van der Waals surface area contributed by atoms with Crippen LogP contribution < -0.4 is 10.5 Å². The zero-order chi connectivity index (χ0) is 10.7. The SMILES string of the molecule is Nc1cccc(Cl)c1Oc1cccnn1. The maximum atomic E-state index is 5.93. The molecule has 0 saturated heterocycles.